The number of fused-ring (bicyclic) bond motifs is 1. The molecule has 0 bridgehead atoms. The minimum Gasteiger partial charge on any atom is -0.394 e. The minimum atomic E-state index is -1.86. The van der Waals surface area contributed by atoms with Gasteiger partial charge in [0.25, 0.3) is 0 Å². The van der Waals surface area contributed by atoms with Crippen LogP contribution in [0.15, 0.2) is 17.3 Å². The number of hydrogen-bond donors (Lipinski definition) is 5. The molecule has 1 saturated heterocycles. The van der Waals surface area contributed by atoms with Gasteiger partial charge in [-0.15, -0.1) is 0 Å². The number of nitrogens with two attached hydrogens (primary N) is 2. The molecule has 1 fully saturated rings. The first kappa shape index (κ1) is 15.3. The van der Waals surface area contributed by atoms with Crippen molar-refractivity contribution in [1.82, 2.24) is 14.5 Å². The van der Waals surface area contributed by atoms with Crippen molar-refractivity contribution in [3.05, 3.63) is 12.3 Å². The summed E-state index contributed by atoms with van der Waals surface area (Å²) in [7, 11) is -1.86. The van der Waals surface area contributed by atoms with Gasteiger partial charge in [-0.25, -0.2) is 14.3 Å². The van der Waals surface area contributed by atoms with E-state index in [1.165, 1.54) is 10.8 Å². The Balaban J connectivity index is 2.11. The Morgan fingerprint density at radius 1 is 1.36 bits per heavy atom. The number of aliphatic hydroxyl groups is 3. The van der Waals surface area contributed by atoms with Crippen molar-refractivity contribution in [3.8, 4) is 0 Å². The largest absolute Gasteiger partial charge is 0.394 e. The van der Waals surface area contributed by atoms with Crippen LogP contribution >= 0.6 is 0 Å². The molecular weight excluding hydrogens is 314 g/mol. The van der Waals surface area contributed by atoms with E-state index in [0.717, 1.165) is 0 Å². The van der Waals surface area contributed by atoms with E-state index in [-0.39, 0.29) is 16.6 Å². The Hall–Kier alpha value is -1.63. The van der Waals surface area contributed by atoms with E-state index < -0.39 is 42.1 Å². The van der Waals surface area contributed by atoms with Gasteiger partial charge < -0.3 is 30.4 Å². The average molecular weight is 329 g/mol. The Morgan fingerprint density at radius 2 is 2.09 bits per heavy atom. The zero-order chi connectivity index (χ0) is 16.0. The number of nitrogen functional groups attached to an aromatic ring is 1. The third-order valence-electron chi connectivity index (χ3n) is 3.54. The van der Waals surface area contributed by atoms with Gasteiger partial charge in [-0.05, 0) is 6.07 Å². The molecule has 11 heteroatoms. The van der Waals surface area contributed by atoms with Crippen molar-refractivity contribution >= 4 is 28.0 Å². The maximum atomic E-state index is 11.5. The average Bonchev–Trinajstić information content (AvgIpc) is 3.00. The van der Waals surface area contributed by atoms with E-state index >= 15 is 0 Å². The molecule has 7 N–H and O–H groups in total. The zero-order valence-electron chi connectivity index (χ0n) is 11.2. The normalized spacial score (nSPS) is 30.0. The highest BCUT2D eigenvalue weighted by Crippen LogP contribution is 2.32. The van der Waals surface area contributed by atoms with Crippen LogP contribution in [0.5, 0.6) is 0 Å². The smallest absolute Gasteiger partial charge is 0.223 e. The molecule has 0 aromatic carbocycles. The number of rotatable bonds is 3. The Bertz CT molecular complexity index is 737. The van der Waals surface area contributed by atoms with Crippen molar-refractivity contribution in [3.63, 3.8) is 0 Å². The molecule has 0 amide bonds. The number of anilines is 1. The molecule has 0 aliphatic carbocycles. The SMILES string of the molecule is Nc1nc(S(N)=O)c2ccn(C3O[C@H](CO)[C@@H](O)[C@H]3O)c2n1. The van der Waals surface area contributed by atoms with E-state index in [9.17, 15) is 14.4 Å². The van der Waals surface area contributed by atoms with Gasteiger partial charge in [-0.3, -0.25) is 0 Å². The number of aromatic nitrogens is 3. The molecule has 0 radical (unpaired) electrons. The molecule has 2 aromatic rings. The third kappa shape index (κ3) is 2.27. The Labute approximate surface area is 126 Å². The minimum absolute atomic E-state index is 0.0630. The first-order valence-electron chi connectivity index (χ1n) is 6.36. The van der Waals surface area contributed by atoms with Gasteiger partial charge in [0.1, 0.15) is 34.9 Å². The summed E-state index contributed by atoms with van der Waals surface area (Å²) in [5.41, 5.74) is 5.85. The Kier molecular flexibility index (Phi) is 3.84. The molecule has 5 atom stereocenters. The van der Waals surface area contributed by atoms with Crippen molar-refractivity contribution in [2.45, 2.75) is 29.6 Å². The van der Waals surface area contributed by atoms with Crippen LogP contribution in [0, 0.1) is 0 Å². The fourth-order valence-corrected chi connectivity index (χ4v) is 3.05. The lowest BCUT2D eigenvalue weighted by molar-refractivity contribution is -0.0508. The standard InChI is InChI=1S/C11H15N5O5S/c12-11-14-8-4(9(15-11)22(13)20)1-2-16(8)10-7(19)6(18)5(3-17)21-10/h1-2,5-7,10,17-19H,3,13H2,(H2,12,14,15)/t5-,6-,7-,10?,22?/m1/s1. The van der Waals surface area contributed by atoms with E-state index in [0.29, 0.717) is 5.39 Å². The molecule has 120 valence electrons. The van der Waals surface area contributed by atoms with Gasteiger partial charge in [0, 0.05) is 6.20 Å². The van der Waals surface area contributed by atoms with Crippen LogP contribution in [0.3, 0.4) is 0 Å². The lowest BCUT2D eigenvalue weighted by Crippen LogP contribution is -2.33. The van der Waals surface area contributed by atoms with Crippen LogP contribution in [0.2, 0.25) is 0 Å². The first-order valence-corrected chi connectivity index (χ1v) is 7.58. The van der Waals surface area contributed by atoms with Gasteiger partial charge in [-0.1, -0.05) is 0 Å². The lowest BCUT2D eigenvalue weighted by Gasteiger charge is -2.17. The molecular formula is C11H15N5O5S. The predicted molar refractivity (Wildman–Crippen MR) is 75.5 cm³/mol. The van der Waals surface area contributed by atoms with Crippen molar-refractivity contribution in [2.75, 3.05) is 12.3 Å². The fourth-order valence-electron chi connectivity index (χ4n) is 2.49. The summed E-state index contributed by atoms with van der Waals surface area (Å²) in [6, 6.07) is 1.56. The molecule has 0 spiro atoms. The number of hydrogen-bond acceptors (Lipinski definition) is 8. The second-order valence-electron chi connectivity index (χ2n) is 4.87. The van der Waals surface area contributed by atoms with Crippen molar-refractivity contribution in [1.29, 1.82) is 0 Å². The molecule has 1 aliphatic heterocycles. The van der Waals surface area contributed by atoms with Gasteiger partial charge in [0.05, 0.1) is 12.0 Å². The monoisotopic (exact) mass is 329 g/mol. The maximum absolute atomic E-state index is 11.5. The molecule has 2 aromatic heterocycles. The van der Waals surface area contributed by atoms with Crippen LogP contribution in [0.25, 0.3) is 11.0 Å². The second-order valence-corrected chi connectivity index (χ2v) is 5.86. The van der Waals surface area contributed by atoms with E-state index in [4.69, 9.17) is 20.7 Å². The predicted octanol–water partition coefficient (Wildman–Crippen LogP) is -2.39. The maximum Gasteiger partial charge on any atom is 0.223 e. The molecule has 22 heavy (non-hydrogen) atoms. The summed E-state index contributed by atoms with van der Waals surface area (Å²) >= 11 is 0. The molecule has 2 unspecified atom stereocenters. The summed E-state index contributed by atoms with van der Waals surface area (Å²) in [5.74, 6) is -0.131. The highest BCUT2D eigenvalue weighted by Gasteiger charge is 2.43. The van der Waals surface area contributed by atoms with E-state index in [2.05, 4.69) is 9.97 Å². The van der Waals surface area contributed by atoms with E-state index in [1.54, 1.807) is 6.07 Å². The van der Waals surface area contributed by atoms with Crippen LogP contribution in [0.1, 0.15) is 6.23 Å². The summed E-state index contributed by atoms with van der Waals surface area (Å²) < 4.78 is 18.4. The summed E-state index contributed by atoms with van der Waals surface area (Å²) in [4.78, 5) is 7.88. The van der Waals surface area contributed by atoms with Gasteiger partial charge >= 0.3 is 0 Å². The third-order valence-corrected chi connectivity index (χ3v) is 4.23. The van der Waals surface area contributed by atoms with Gasteiger partial charge in [-0.2, -0.15) is 4.98 Å². The molecule has 1 aliphatic rings. The first-order chi connectivity index (χ1) is 10.4. The van der Waals surface area contributed by atoms with Crippen LogP contribution in [-0.2, 0) is 15.7 Å². The van der Waals surface area contributed by atoms with Crippen LogP contribution < -0.4 is 10.9 Å². The second kappa shape index (κ2) is 5.53. The summed E-state index contributed by atoms with van der Waals surface area (Å²) in [6.45, 7) is -0.441. The van der Waals surface area contributed by atoms with Crippen LogP contribution in [-0.4, -0.2) is 59.0 Å². The number of aliphatic hydroxyl groups excluding tert-OH is 3. The topological polar surface area (TPSA) is 170 Å². The molecule has 10 nitrogen and oxygen atoms in total. The van der Waals surface area contributed by atoms with Crippen molar-refractivity contribution < 1.29 is 24.3 Å². The number of nitrogens with zero attached hydrogens (tertiary/aromatic N) is 3. The molecule has 3 heterocycles. The summed E-state index contributed by atoms with van der Waals surface area (Å²) in [6.07, 6.45) is -2.88. The number of ether oxygens (including phenoxy) is 1. The van der Waals surface area contributed by atoms with Crippen LogP contribution in [0.4, 0.5) is 5.95 Å². The summed E-state index contributed by atoms with van der Waals surface area (Å²) in [5, 5.41) is 34.9. The van der Waals surface area contributed by atoms with Crippen molar-refractivity contribution in [2.24, 2.45) is 5.14 Å². The highest BCUT2D eigenvalue weighted by molar-refractivity contribution is 7.82. The quantitative estimate of drug-likeness (QED) is 0.388. The Morgan fingerprint density at radius 3 is 2.68 bits per heavy atom. The fraction of sp³-hybridized carbons (Fsp3) is 0.455. The molecule has 3 rings (SSSR count). The van der Waals surface area contributed by atoms with E-state index in [1.807, 2.05) is 0 Å². The van der Waals surface area contributed by atoms with Gasteiger partial charge in [0.15, 0.2) is 11.3 Å². The van der Waals surface area contributed by atoms with Gasteiger partial charge in [0.2, 0.25) is 5.95 Å². The lowest BCUT2D eigenvalue weighted by atomic mass is 10.1. The molecule has 0 saturated carbocycles. The highest BCUT2D eigenvalue weighted by atomic mass is 32.2. The zero-order valence-corrected chi connectivity index (χ0v) is 12.1.